The van der Waals surface area contributed by atoms with Crippen molar-refractivity contribution in [3.63, 3.8) is 0 Å². The highest BCUT2D eigenvalue weighted by Gasteiger charge is 2.47. The van der Waals surface area contributed by atoms with Crippen molar-refractivity contribution >= 4 is 29.0 Å². The van der Waals surface area contributed by atoms with Crippen LogP contribution in [0.25, 0.3) is 0 Å². The van der Waals surface area contributed by atoms with Crippen LogP contribution in [0.15, 0.2) is 48.7 Å². The molecule has 2 heterocycles. The molecule has 2 aromatic carbocycles. The summed E-state index contributed by atoms with van der Waals surface area (Å²) >= 11 is 5.89. The van der Waals surface area contributed by atoms with Crippen LogP contribution in [0.1, 0.15) is 40.0 Å². The number of aryl methyl sites for hydroxylation is 1. The van der Waals surface area contributed by atoms with Crippen molar-refractivity contribution in [1.29, 1.82) is 0 Å². The molecule has 162 valence electrons. The van der Waals surface area contributed by atoms with Gasteiger partial charge in [-0.15, -0.1) is 0 Å². The van der Waals surface area contributed by atoms with E-state index < -0.39 is 24.2 Å². The molecule has 0 saturated heterocycles. The molecule has 1 aliphatic rings. The minimum Gasteiger partial charge on any atom is -0.506 e. The summed E-state index contributed by atoms with van der Waals surface area (Å²) in [6.45, 7) is 1.89. The smallest absolute Gasteiger partial charge is 0.410 e. The van der Waals surface area contributed by atoms with E-state index in [1.165, 1.54) is 18.2 Å². The Labute approximate surface area is 180 Å². The zero-order valence-electron chi connectivity index (χ0n) is 16.2. The van der Waals surface area contributed by atoms with E-state index in [0.717, 1.165) is 16.4 Å². The van der Waals surface area contributed by atoms with Gasteiger partial charge in [-0.2, -0.15) is 18.3 Å². The Balaban J connectivity index is 1.70. The molecule has 0 radical (unpaired) electrons. The number of hydrogen-bond donors (Lipinski definition) is 3. The molecule has 6 nitrogen and oxygen atoms in total. The van der Waals surface area contributed by atoms with Gasteiger partial charge in [0.05, 0.1) is 17.9 Å². The molecule has 3 aromatic rings. The van der Waals surface area contributed by atoms with Crippen molar-refractivity contribution in [2.24, 2.45) is 0 Å². The summed E-state index contributed by atoms with van der Waals surface area (Å²) in [6, 6.07) is 8.69. The molecule has 0 fully saturated rings. The summed E-state index contributed by atoms with van der Waals surface area (Å²) in [5.74, 6) is -0.993. The molecule has 10 heteroatoms. The molecule has 0 bridgehead atoms. The molecule has 0 saturated carbocycles. The van der Waals surface area contributed by atoms with Gasteiger partial charge in [0.15, 0.2) is 6.04 Å². The Bertz CT molecular complexity index is 1130. The standard InChI is InChI=1S/C21H18ClF3N4O2/c1-11-2-4-12(5-3-11)15-9-18(21(23,24)25)29-19(27-15)14(10-26-29)20(31)28-16-8-13(22)6-7-17(16)30/h2-8,10,15,18,27,30H,9H2,1H3,(H,28,31). The summed E-state index contributed by atoms with van der Waals surface area (Å²) in [6.07, 6.45) is -3.74. The average molecular weight is 451 g/mol. The number of nitrogens with zero attached hydrogens (tertiary/aromatic N) is 2. The van der Waals surface area contributed by atoms with Crippen LogP contribution in [-0.2, 0) is 0 Å². The molecular formula is C21H18ClF3N4O2. The fourth-order valence-corrected chi connectivity index (χ4v) is 3.72. The number of alkyl halides is 3. The largest absolute Gasteiger partial charge is 0.506 e. The maximum Gasteiger partial charge on any atom is 0.410 e. The zero-order valence-corrected chi connectivity index (χ0v) is 17.0. The van der Waals surface area contributed by atoms with Gasteiger partial charge in [0.25, 0.3) is 5.91 Å². The number of hydrogen-bond acceptors (Lipinski definition) is 4. The van der Waals surface area contributed by atoms with Crippen LogP contribution in [0, 0.1) is 6.92 Å². The van der Waals surface area contributed by atoms with Crippen LogP contribution in [-0.4, -0.2) is 27.0 Å². The van der Waals surface area contributed by atoms with Gasteiger partial charge in [0.1, 0.15) is 17.1 Å². The second kappa shape index (κ2) is 7.81. The van der Waals surface area contributed by atoms with Gasteiger partial charge in [0.2, 0.25) is 0 Å². The number of carbonyl (C=O) groups is 1. The highest BCUT2D eigenvalue weighted by atomic mass is 35.5. The number of phenols is 1. The highest BCUT2D eigenvalue weighted by molar-refractivity contribution is 6.31. The van der Waals surface area contributed by atoms with Crippen molar-refractivity contribution in [3.8, 4) is 5.75 Å². The van der Waals surface area contributed by atoms with Crippen molar-refractivity contribution in [3.05, 3.63) is 70.4 Å². The third kappa shape index (κ3) is 4.18. The SMILES string of the molecule is Cc1ccc(C2CC(C(F)(F)F)n3ncc(C(=O)Nc4cc(Cl)ccc4O)c3N2)cc1. The molecule has 1 amide bonds. The van der Waals surface area contributed by atoms with E-state index in [-0.39, 0.29) is 34.3 Å². The quantitative estimate of drug-likeness (QED) is 0.463. The average Bonchev–Trinajstić information content (AvgIpc) is 3.14. The van der Waals surface area contributed by atoms with Crippen LogP contribution >= 0.6 is 11.6 Å². The Hall–Kier alpha value is -3.20. The monoisotopic (exact) mass is 450 g/mol. The Morgan fingerprint density at radius 1 is 1.26 bits per heavy atom. The van der Waals surface area contributed by atoms with Crippen LogP contribution < -0.4 is 10.6 Å². The molecule has 4 rings (SSSR count). The number of amides is 1. The van der Waals surface area contributed by atoms with Gasteiger partial charge in [-0.1, -0.05) is 41.4 Å². The third-order valence-electron chi connectivity index (χ3n) is 5.17. The number of rotatable bonds is 3. The first kappa shape index (κ1) is 21.0. The molecule has 31 heavy (non-hydrogen) atoms. The topological polar surface area (TPSA) is 79.2 Å². The summed E-state index contributed by atoms with van der Waals surface area (Å²) in [5.41, 5.74) is 1.62. The maximum absolute atomic E-state index is 13.8. The lowest BCUT2D eigenvalue weighted by molar-refractivity contribution is -0.173. The van der Waals surface area contributed by atoms with Gasteiger partial charge in [-0.25, -0.2) is 4.68 Å². The summed E-state index contributed by atoms with van der Waals surface area (Å²) in [7, 11) is 0. The number of phenolic OH excluding ortho intramolecular Hbond substituents is 1. The first-order valence-electron chi connectivity index (χ1n) is 9.40. The van der Waals surface area contributed by atoms with Gasteiger partial charge in [-0.3, -0.25) is 4.79 Å². The van der Waals surface area contributed by atoms with Crippen LogP contribution in [0.2, 0.25) is 5.02 Å². The Morgan fingerprint density at radius 3 is 2.65 bits per heavy atom. The third-order valence-corrected chi connectivity index (χ3v) is 5.40. The number of carbonyl (C=O) groups excluding carboxylic acids is 1. The van der Waals surface area contributed by atoms with Crippen LogP contribution in [0.3, 0.4) is 0 Å². The maximum atomic E-state index is 13.8. The lowest BCUT2D eigenvalue weighted by atomic mass is 9.96. The van der Waals surface area contributed by atoms with Gasteiger partial charge in [0, 0.05) is 11.4 Å². The van der Waals surface area contributed by atoms with Crippen molar-refractivity contribution in [2.45, 2.75) is 31.6 Å². The number of anilines is 2. The molecule has 0 spiro atoms. The molecular weight excluding hydrogens is 433 g/mol. The molecule has 2 unspecified atom stereocenters. The Kier molecular flexibility index (Phi) is 5.30. The molecule has 1 aliphatic heterocycles. The lowest BCUT2D eigenvalue weighted by Crippen LogP contribution is -2.36. The van der Waals surface area contributed by atoms with E-state index >= 15 is 0 Å². The fraction of sp³-hybridized carbons (Fsp3) is 0.238. The predicted octanol–water partition coefficient (Wildman–Crippen LogP) is 5.46. The highest BCUT2D eigenvalue weighted by Crippen LogP contribution is 2.44. The molecule has 0 aliphatic carbocycles. The summed E-state index contributed by atoms with van der Waals surface area (Å²) in [4.78, 5) is 12.8. The van der Waals surface area contributed by atoms with E-state index in [0.29, 0.717) is 5.56 Å². The number of nitrogens with one attached hydrogen (secondary N) is 2. The second-order valence-electron chi connectivity index (χ2n) is 7.37. The normalized spacial score (nSPS) is 18.2. The predicted molar refractivity (Wildman–Crippen MR) is 111 cm³/mol. The summed E-state index contributed by atoms with van der Waals surface area (Å²) in [5, 5.41) is 19.5. The van der Waals surface area contributed by atoms with E-state index in [1.54, 1.807) is 12.1 Å². The van der Waals surface area contributed by atoms with Crippen molar-refractivity contribution in [2.75, 3.05) is 10.6 Å². The minimum absolute atomic E-state index is 0.0377. The van der Waals surface area contributed by atoms with Gasteiger partial charge < -0.3 is 15.7 Å². The molecule has 2 atom stereocenters. The van der Waals surface area contributed by atoms with Crippen molar-refractivity contribution in [1.82, 2.24) is 9.78 Å². The first-order chi connectivity index (χ1) is 14.6. The molecule has 1 aromatic heterocycles. The minimum atomic E-state index is -4.55. The van der Waals surface area contributed by atoms with E-state index in [4.69, 9.17) is 11.6 Å². The number of aromatic nitrogens is 2. The van der Waals surface area contributed by atoms with Gasteiger partial charge >= 0.3 is 6.18 Å². The first-order valence-corrected chi connectivity index (χ1v) is 9.78. The zero-order chi connectivity index (χ0) is 22.3. The second-order valence-corrected chi connectivity index (χ2v) is 7.80. The Morgan fingerprint density at radius 2 is 1.97 bits per heavy atom. The number of benzene rings is 2. The molecule has 3 N–H and O–H groups in total. The van der Waals surface area contributed by atoms with E-state index in [9.17, 15) is 23.1 Å². The van der Waals surface area contributed by atoms with E-state index in [2.05, 4.69) is 15.7 Å². The van der Waals surface area contributed by atoms with Crippen LogP contribution in [0.4, 0.5) is 24.7 Å². The van der Waals surface area contributed by atoms with E-state index in [1.807, 2.05) is 19.1 Å². The van der Waals surface area contributed by atoms with Crippen molar-refractivity contribution < 1.29 is 23.1 Å². The van der Waals surface area contributed by atoms with Crippen LogP contribution in [0.5, 0.6) is 5.75 Å². The lowest BCUT2D eigenvalue weighted by Gasteiger charge is -2.34. The number of fused-ring (bicyclic) bond motifs is 1. The van der Waals surface area contributed by atoms with Gasteiger partial charge in [-0.05, 0) is 30.7 Å². The fourth-order valence-electron chi connectivity index (χ4n) is 3.54. The summed E-state index contributed by atoms with van der Waals surface area (Å²) < 4.78 is 42.2. The number of aromatic hydroxyl groups is 1. The number of halogens is 4.